The fraction of sp³-hybridized carbons (Fsp3) is 0.625. The SMILES string of the molecule is CC1(C)OB(c2cc(NC(=O)C3CCSC3)ccn2)OC1(C)C. The molecule has 5 nitrogen and oxygen atoms in total. The number of amides is 1. The fourth-order valence-electron chi connectivity index (χ4n) is 2.60. The normalized spacial score (nSPS) is 25.6. The molecule has 2 aliphatic rings. The van der Waals surface area contributed by atoms with Crippen LogP contribution in [0.2, 0.25) is 0 Å². The lowest BCUT2D eigenvalue weighted by molar-refractivity contribution is -0.119. The van der Waals surface area contributed by atoms with Crippen molar-refractivity contribution in [2.24, 2.45) is 5.92 Å². The van der Waals surface area contributed by atoms with Crippen molar-refractivity contribution in [2.75, 3.05) is 16.8 Å². The first kappa shape index (κ1) is 16.8. The zero-order valence-electron chi connectivity index (χ0n) is 14.1. The van der Waals surface area contributed by atoms with Crippen LogP contribution in [0.3, 0.4) is 0 Å². The number of thioether (sulfide) groups is 1. The monoisotopic (exact) mass is 334 g/mol. The number of rotatable bonds is 3. The molecule has 124 valence electrons. The fourth-order valence-corrected chi connectivity index (χ4v) is 3.82. The number of nitrogens with zero attached hydrogens (tertiary/aromatic N) is 1. The zero-order valence-corrected chi connectivity index (χ0v) is 14.9. The van der Waals surface area contributed by atoms with E-state index in [1.807, 2.05) is 45.5 Å². The van der Waals surface area contributed by atoms with Gasteiger partial charge in [0.2, 0.25) is 5.91 Å². The highest BCUT2D eigenvalue weighted by atomic mass is 32.2. The molecule has 2 saturated heterocycles. The van der Waals surface area contributed by atoms with E-state index < -0.39 is 18.3 Å². The number of anilines is 1. The van der Waals surface area contributed by atoms with Gasteiger partial charge in [0, 0.05) is 23.6 Å². The first-order chi connectivity index (χ1) is 10.8. The van der Waals surface area contributed by atoms with Crippen LogP contribution in [0.15, 0.2) is 18.3 Å². The van der Waals surface area contributed by atoms with E-state index in [4.69, 9.17) is 9.31 Å². The summed E-state index contributed by atoms with van der Waals surface area (Å²) in [5.74, 6) is 2.16. The molecule has 2 aliphatic heterocycles. The summed E-state index contributed by atoms with van der Waals surface area (Å²) in [5, 5.41) is 2.99. The van der Waals surface area contributed by atoms with Crippen LogP contribution in [0.1, 0.15) is 34.1 Å². The Labute approximate surface area is 142 Å². The molecule has 0 aromatic carbocycles. The van der Waals surface area contributed by atoms with Crippen molar-refractivity contribution < 1.29 is 14.1 Å². The van der Waals surface area contributed by atoms with Gasteiger partial charge in [-0.25, -0.2) is 0 Å². The largest absolute Gasteiger partial charge is 0.514 e. The van der Waals surface area contributed by atoms with E-state index in [9.17, 15) is 4.79 Å². The highest BCUT2D eigenvalue weighted by Gasteiger charge is 2.52. The second-order valence-electron chi connectivity index (χ2n) is 7.11. The zero-order chi connectivity index (χ0) is 16.7. The van der Waals surface area contributed by atoms with E-state index in [1.165, 1.54) is 0 Å². The van der Waals surface area contributed by atoms with Crippen molar-refractivity contribution in [3.63, 3.8) is 0 Å². The average molecular weight is 334 g/mol. The van der Waals surface area contributed by atoms with Crippen molar-refractivity contribution in [1.82, 2.24) is 4.98 Å². The molecule has 0 radical (unpaired) electrons. The van der Waals surface area contributed by atoms with Crippen LogP contribution in [0, 0.1) is 5.92 Å². The molecule has 1 N–H and O–H groups in total. The Morgan fingerprint density at radius 2 is 2.04 bits per heavy atom. The van der Waals surface area contributed by atoms with Gasteiger partial charge in [0.05, 0.1) is 16.8 Å². The Balaban J connectivity index is 1.72. The van der Waals surface area contributed by atoms with E-state index in [2.05, 4.69) is 10.3 Å². The quantitative estimate of drug-likeness (QED) is 0.858. The van der Waals surface area contributed by atoms with Gasteiger partial charge in [0.25, 0.3) is 0 Å². The molecule has 23 heavy (non-hydrogen) atoms. The van der Waals surface area contributed by atoms with Gasteiger partial charge >= 0.3 is 7.12 Å². The number of nitrogens with one attached hydrogen (secondary N) is 1. The summed E-state index contributed by atoms with van der Waals surface area (Å²) in [6.07, 6.45) is 2.63. The molecule has 7 heteroatoms. The Bertz CT molecular complexity index is 587. The van der Waals surface area contributed by atoms with Crippen LogP contribution < -0.4 is 10.9 Å². The van der Waals surface area contributed by atoms with Crippen LogP contribution in [0.25, 0.3) is 0 Å². The summed E-state index contributed by atoms with van der Waals surface area (Å²) in [7, 11) is -0.515. The molecule has 0 saturated carbocycles. The first-order valence-corrected chi connectivity index (χ1v) is 9.14. The summed E-state index contributed by atoms with van der Waals surface area (Å²) in [6.45, 7) is 8.04. The van der Waals surface area contributed by atoms with Crippen molar-refractivity contribution >= 4 is 36.1 Å². The van der Waals surface area contributed by atoms with E-state index in [-0.39, 0.29) is 11.8 Å². The van der Waals surface area contributed by atoms with Crippen LogP contribution in [0.5, 0.6) is 0 Å². The Morgan fingerprint density at radius 3 is 2.65 bits per heavy atom. The molecule has 1 aromatic heterocycles. The molecule has 1 unspecified atom stereocenters. The molecule has 3 rings (SSSR count). The smallest absolute Gasteiger partial charge is 0.398 e. The number of hydrogen-bond acceptors (Lipinski definition) is 5. The molecule has 1 aromatic rings. The standard InChI is InChI=1S/C16H23BN2O3S/c1-15(2)16(3,4)22-17(21-15)13-9-12(5-7-18-13)19-14(20)11-6-8-23-10-11/h5,7,9,11H,6,8,10H2,1-4H3,(H,18,19,20). The molecular weight excluding hydrogens is 311 g/mol. The Kier molecular flexibility index (Phi) is 4.46. The number of carbonyl (C=O) groups excluding carboxylic acids is 1. The minimum atomic E-state index is -0.515. The topological polar surface area (TPSA) is 60.5 Å². The van der Waals surface area contributed by atoms with E-state index in [1.54, 1.807) is 12.3 Å². The molecule has 0 bridgehead atoms. The summed E-state index contributed by atoms with van der Waals surface area (Å²) in [4.78, 5) is 16.6. The van der Waals surface area contributed by atoms with E-state index in [0.29, 0.717) is 5.59 Å². The number of pyridine rings is 1. The Hall–Kier alpha value is -1.05. The lowest BCUT2D eigenvalue weighted by Gasteiger charge is -2.32. The molecular formula is C16H23BN2O3S. The maximum Gasteiger partial charge on any atom is 0.514 e. The van der Waals surface area contributed by atoms with Gasteiger partial charge in [-0.1, -0.05) is 0 Å². The highest BCUT2D eigenvalue weighted by molar-refractivity contribution is 7.99. The van der Waals surface area contributed by atoms with Gasteiger partial charge in [-0.3, -0.25) is 9.78 Å². The third-order valence-electron chi connectivity index (χ3n) is 4.84. The molecule has 2 fully saturated rings. The van der Waals surface area contributed by atoms with Crippen LogP contribution >= 0.6 is 11.8 Å². The lowest BCUT2D eigenvalue weighted by Crippen LogP contribution is -2.41. The molecule has 0 aliphatic carbocycles. The number of aromatic nitrogens is 1. The lowest BCUT2D eigenvalue weighted by atomic mass is 9.84. The predicted molar refractivity (Wildman–Crippen MR) is 94.0 cm³/mol. The van der Waals surface area contributed by atoms with Crippen LogP contribution in [-0.4, -0.2) is 40.7 Å². The summed E-state index contributed by atoms with van der Waals surface area (Å²) < 4.78 is 12.0. The number of hydrogen-bond donors (Lipinski definition) is 1. The summed E-state index contributed by atoms with van der Waals surface area (Å²) in [5.41, 5.74) is 0.619. The first-order valence-electron chi connectivity index (χ1n) is 7.99. The number of carbonyl (C=O) groups is 1. The molecule has 0 spiro atoms. The van der Waals surface area contributed by atoms with E-state index in [0.717, 1.165) is 23.6 Å². The van der Waals surface area contributed by atoms with Gasteiger partial charge in [-0.2, -0.15) is 11.8 Å². The summed E-state index contributed by atoms with van der Waals surface area (Å²) >= 11 is 1.83. The summed E-state index contributed by atoms with van der Waals surface area (Å²) in [6, 6.07) is 3.64. The van der Waals surface area contributed by atoms with Crippen LogP contribution in [-0.2, 0) is 14.1 Å². The van der Waals surface area contributed by atoms with Crippen molar-refractivity contribution in [3.05, 3.63) is 18.3 Å². The van der Waals surface area contributed by atoms with Gasteiger partial charge in [-0.05, 0) is 52.0 Å². The third kappa shape index (κ3) is 3.41. The maximum absolute atomic E-state index is 12.2. The van der Waals surface area contributed by atoms with E-state index >= 15 is 0 Å². The van der Waals surface area contributed by atoms with Gasteiger partial charge in [-0.15, -0.1) is 0 Å². The van der Waals surface area contributed by atoms with Gasteiger partial charge in [0.15, 0.2) is 0 Å². The van der Waals surface area contributed by atoms with Crippen molar-refractivity contribution in [2.45, 2.75) is 45.3 Å². The second-order valence-corrected chi connectivity index (χ2v) is 8.26. The van der Waals surface area contributed by atoms with Gasteiger partial charge < -0.3 is 14.6 Å². The second kappa shape index (κ2) is 6.11. The Morgan fingerprint density at radius 1 is 1.35 bits per heavy atom. The highest BCUT2D eigenvalue weighted by Crippen LogP contribution is 2.36. The minimum absolute atomic E-state index is 0.0843. The molecule has 1 amide bonds. The molecule has 3 heterocycles. The van der Waals surface area contributed by atoms with Crippen LogP contribution in [0.4, 0.5) is 5.69 Å². The minimum Gasteiger partial charge on any atom is -0.398 e. The maximum atomic E-state index is 12.2. The van der Waals surface area contributed by atoms with Gasteiger partial charge in [0.1, 0.15) is 0 Å². The average Bonchev–Trinajstić information content (AvgIpc) is 3.06. The third-order valence-corrected chi connectivity index (χ3v) is 6.01. The predicted octanol–water partition coefficient (Wildman–Crippen LogP) is 2.07. The van der Waals surface area contributed by atoms with Crippen molar-refractivity contribution in [3.8, 4) is 0 Å². The van der Waals surface area contributed by atoms with Crippen molar-refractivity contribution in [1.29, 1.82) is 0 Å². The molecule has 1 atom stereocenters.